The minimum atomic E-state index is -0.601. The van der Waals surface area contributed by atoms with Crippen LogP contribution in [0.25, 0.3) is 0 Å². The highest BCUT2D eigenvalue weighted by atomic mass is 35.5. The van der Waals surface area contributed by atoms with Crippen molar-refractivity contribution in [3.63, 3.8) is 0 Å². The van der Waals surface area contributed by atoms with E-state index in [0.29, 0.717) is 10.7 Å². The number of rotatable bonds is 4. The molecular weight excluding hydrogens is 254 g/mol. The number of nitrogens with zero attached hydrogens (tertiary/aromatic N) is 1. The van der Waals surface area contributed by atoms with E-state index in [2.05, 4.69) is 15.6 Å². The molecular formula is C12H16ClN3O2. The molecule has 0 aliphatic carbocycles. The number of amides is 2. The van der Waals surface area contributed by atoms with Crippen molar-refractivity contribution < 1.29 is 9.59 Å². The quantitative estimate of drug-likeness (QED) is 0.811. The highest BCUT2D eigenvalue weighted by Crippen LogP contribution is 2.05. The molecule has 6 heteroatoms. The molecule has 2 N–H and O–H groups in total. The monoisotopic (exact) mass is 269 g/mol. The third kappa shape index (κ3) is 4.33. The summed E-state index contributed by atoms with van der Waals surface area (Å²) in [7, 11) is 0. The van der Waals surface area contributed by atoms with Crippen LogP contribution in [0.1, 0.15) is 31.1 Å². The number of pyridine rings is 1. The van der Waals surface area contributed by atoms with E-state index in [1.807, 2.05) is 13.8 Å². The van der Waals surface area contributed by atoms with Crippen LogP contribution in [-0.4, -0.2) is 28.9 Å². The fourth-order valence-electron chi connectivity index (χ4n) is 1.27. The van der Waals surface area contributed by atoms with E-state index in [-0.39, 0.29) is 17.9 Å². The smallest absolute Gasteiger partial charge is 0.253 e. The van der Waals surface area contributed by atoms with E-state index < -0.39 is 6.04 Å². The molecule has 0 bridgehead atoms. The highest BCUT2D eigenvalue weighted by Gasteiger charge is 2.17. The first-order chi connectivity index (χ1) is 8.40. The summed E-state index contributed by atoms with van der Waals surface area (Å²) in [5.41, 5.74) is 0.364. The third-order valence-corrected chi connectivity index (χ3v) is 2.38. The van der Waals surface area contributed by atoms with Gasteiger partial charge in [0.2, 0.25) is 5.91 Å². The Kier molecular flexibility index (Phi) is 5.09. The predicted octanol–water partition coefficient (Wildman–Crippen LogP) is 1.38. The van der Waals surface area contributed by atoms with Crippen LogP contribution in [0, 0.1) is 0 Å². The van der Waals surface area contributed by atoms with Gasteiger partial charge in [-0.15, -0.1) is 0 Å². The number of aromatic nitrogens is 1. The van der Waals surface area contributed by atoms with Crippen LogP contribution in [0.5, 0.6) is 0 Å². The molecule has 1 rings (SSSR count). The summed E-state index contributed by atoms with van der Waals surface area (Å²) in [4.78, 5) is 27.2. The first-order valence-electron chi connectivity index (χ1n) is 5.63. The molecule has 1 heterocycles. The first kappa shape index (κ1) is 14.4. The molecule has 0 fully saturated rings. The molecule has 98 valence electrons. The Balaban J connectivity index is 2.59. The molecule has 18 heavy (non-hydrogen) atoms. The van der Waals surface area contributed by atoms with Crippen LogP contribution in [0.15, 0.2) is 18.3 Å². The van der Waals surface area contributed by atoms with Gasteiger partial charge in [0.25, 0.3) is 5.91 Å². The zero-order valence-corrected chi connectivity index (χ0v) is 11.3. The van der Waals surface area contributed by atoms with Gasteiger partial charge in [-0.25, -0.2) is 4.98 Å². The van der Waals surface area contributed by atoms with Gasteiger partial charge in [0.05, 0.1) is 5.56 Å². The SMILES string of the molecule is CC(C)NC(=O)C(C)NC(=O)c1ccc(Cl)nc1. The number of nitrogens with one attached hydrogen (secondary N) is 2. The van der Waals surface area contributed by atoms with Crippen LogP contribution in [-0.2, 0) is 4.79 Å². The van der Waals surface area contributed by atoms with Crippen molar-refractivity contribution in [1.82, 2.24) is 15.6 Å². The lowest BCUT2D eigenvalue weighted by atomic mass is 10.2. The minimum Gasteiger partial charge on any atom is -0.352 e. The van der Waals surface area contributed by atoms with Gasteiger partial charge in [-0.1, -0.05) is 11.6 Å². The predicted molar refractivity (Wildman–Crippen MR) is 69.5 cm³/mol. The molecule has 0 aromatic carbocycles. The maximum atomic E-state index is 11.8. The van der Waals surface area contributed by atoms with Crippen molar-refractivity contribution in [3.8, 4) is 0 Å². The van der Waals surface area contributed by atoms with Gasteiger partial charge < -0.3 is 10.6 Å². The molecule has 0 aliphatic heterocycles. The van der Waals surface area contributed by atoms with Crippen molar-refractivity contribution in [2.75, 3.05) is 0 Å². The Labute approximate surface area is 111 Å². The molecule has 1 unspecified atom stereocenters. The van der Waals surface area contributed by atoms with Crippen LogP contribution >= 0.6 is 11.6 Å². The van der Waals surface area contributed by atoms with Crippen LogP contribution in [0.2, 0.25) is 5.15 Å². The maximum Gasteiger partial charge on any atom is 0.253 e. The standard InChI is InChI=1S/C12H16ClN3O2/c1-7(2)15-11(17)8(3)16-12(18)9-4-5-10(13)14-6-9/h4-8H,1-3H3,(H,15,17)(H,16,18). The van der Waals surface area contributed by atoms with Crippen molar-refractivity contribution in [3.05, 3.63) is 29.0 Å². The summed E-state index contributed by atoms with van der Waals surface area (Å²) in [6, 6.07) is 2.51. The summed E-state index contributed by atoms with van der Waals surface area (Å²) < 4.78 is 0. The summed E-state index contributed by atoms with van der Waals surface area (Å²) in [5, 5.41) is 5.62. The Morgan fingerprint density at radius 3 is 2.39 bits per heavy atom. The van der Waals surface area contributed by atoms with Gasteiger partial charge in [-0.3, -0.25) is 9.59 Å². The zero-order valence-electron chi connectivity index (χ0n) is 10.5. The van der Waals surface area contributed by atoms with E-state index in [4.69, 9.17) is 11.6 Å². The molecule has 0 saturated carbocycles. The Hall–Kier alpha value is -1.62. The van der Waals surface area contributed by atoms with Crippen molar-refractivity contribution in [2.45, 2.75) is 32.9 Å². The lowest BCUT2D eigenvalue weighted by molar-refractivity contribution is -0.123. The van der Waals surface area contributed by atoms with E-state index >= 15 is 0 Å². The van der Waals surface area contributed by atoms with E-state index in [9.17, 15) is 9.59 Å². The van der Waals surface area contributed by atoms with Crippen LogP contribution < -0.4 is 10.6 Å². The summed E-state index contributed by atoms with van der Waals surface area (Å²) in [6.45, 7) is 5.34. The van der Waals surface area contributed by atoms with Crippen LogP contribution in [0.4, 0.5) is 0 Å². The second kappa shape index (κ2) is 6.35. The minimum absolute atomic E-state index is 0.0362. The fourth-order valence-corrected chi connectivity index (χ4v) is 1.38. The third-order valence-electron chi connectivity index (χ3n) is 2.16. The Morgan fingerprint density at radius 1 is 1.22 bits per heavy atom. The highest BCUT2D eigenvalue weighted by molar-refractivity contribution is 6.29. The average molecular weight is 270 g/mol. The maximum absolute atomic E-state index is 11.8. The summed E-state index contributed by atoms with van der Waals surface area (Å²) in [5.74, 6) is -0.578. The van der Waals surface area contributed by atoms with Gasteiger partial charge in [0, 0.05) is 12.2 Å². The number of carbonyl (C=O) groups excluding carboxylic acids is 2. The molecule has 0 saturated heterocycles. The number of hydrogen-bond donors (Lipinski definition) is 2. The van der Waals surface area contributed by atoms with E-state index in [0.717, 1.165) is 0 Å². The van der Waals surface area contributed by atoms with Gasteiger partial charge in [-0.2, -0.15) is 0 Å². The summed E-state index contributed by atoms with van der Waals surface area (Å²) in [6.07, 6.45) is 1.37. The molecule has 5 nitrogen and oxygen atoms in total. The van der Waals surface area contributed by atoms with Gasteiger partial charge >= 0.3 is 0 Å². The largest absolute Gasteiger partial charge is 0.352 e. The molecule has 0 spiro atoms. The number of hydrogen-bond acceptors (Lipinski definition) is 3. The summed E-state index contributed by atoms with van der Waals surface area (Å²) >= 11 is 5.62. The Bertz CT molecular complexity index is 431. The molecule has 0 radical (unpaired) electrons. The van der Waals surface area contributed by atoms with E-state index in [1.165, 1.54) is 12.3 Å². The number of carbonyl (C=O) groups is 2. The fraction of sp³-hybridized carbons (Fsp3) is 0.417. The zero-order chi connectivity index (χ0) is 13.7. The second-order valence-corrected chi connectivity index (χ2v) is 4.62. The Morgan fingerprint density at radius 2 is 1.89 bits per heavy atom. The van der Waals surface area contributed by atoms with E-state index in [1.54, 1.807) is 13.0 Å². The van der Waals surface area contributed by atoms with Gasteiger partial charge in [0.15, 0.2) is 0 Å². The van der Waals surface area contributed by atoms with Crippen molar-refractivity contribution >= 4 is 23.4 Å². The average Bonchev–Trinajstić information content (AvgIpc) is 2.28. The normalized spacial score (nSPS) is 12.1. The van der Waals surface area contributed by atoms with Crippen molar-refractivity contribution in [2.24, 2.45) is 0 Å². The molecule has 1 aromatic heterocycles. The van der Waals surface area contributed by atoms with Gasteiger partial charge in [0.1, 0.15) is 11.2 Å². The first-order valence-corrected chi connectivity index (χ1v) is 6.00. The number of halogens is 1. The molecule has 0 aliphatic rings. The molecule has 2 amide bonds. The second-order valence-electron chi connectivity index (χ2n) is 4.23. The molecule has 1 aromatic rings. The van der Waals surface area contributed by atoms with Gasteiger partial charge in [-0.05, 0) is 32.9 Å². The van der Waals surface area contributed by atoms with Crippen molar-refractivity contribution in [1.29, 1.82) is 0 Å². The molecule has 1 atom stereocenters. The van der Waals surface area contributed by atoms with Crippen LogP contribution in [0.3, 0.4) is 0 Å². The topological polar surface area (TPSA) is 71.1 Å². The lowest BCUT2D eigenvalue weighted by Crippen LogP contribution is -2.46. The lowest BCUT2D eigenvalue weighted by Gasteiger charge is -2.15.